The number of aliphatic hydroxyl groups is 1. The minimum atomic E-state index is -0.598. The molecule has 0 saturated carbocycles. The van der Waals surface area contributed by atoms with Gasteiger partial charge in [-0.1, -0.05) is 72.4 Å². The molecule has 1 aromatic heterocycles. The molecule has 2 heterocycles. The van der Waals surface area contributed by atoms with Crippen LogP contribution in [0, 0.1) is 0 Å². The van der Waals surface area contributed by atoms with Gasteiger partial charge in [-0.2, -0.15) is 5.10 Å². The number of aliphatic hydroxyl groups excluding tert-OH is 1. The summed E-state index contributed by atoms with van der Waals surface area (Å²) in [7, 11) is 0. The molecule has 4 aromatic rings. The van der Waals surface area contributed by atoms with E-state index in [4.69, 9.17) is 14.2 Å². The quantitative estimate of drug-likeness (QED) is 0.132. The Labute approximate surface area is 259 Å². The highest BCUT2D eigenvalue weighted by molar-refractivity contribution is 7.99. The molecule has 3 unspecified atom stereocenters. The van der Waals surface area contributed by atoms with Crippen LogP contribution >= 0.6 is 11.8 Å². The van der Waals surface area contributed by atoms with E-state index in [-0.39, 0.29) is 32.0 Å². The van der Waals surface area contributed by atoms with Gasteiger partial charge in [0.1, 0.15) is 12.9 Å². The number of hydrogen-bond donors (Lipinski definition) is 4. The highest BCUT2D eigenvalue weighted by atomic mass is 32.2. The lowest BCUT2D eigenvalue weighted by molar-refractivity contribution is -0.245. The van der Waals surface area contributed by atoms with E-state index in [0.717, 1.165) is 38.5 Å². The van der Waals surface area contributed by atoms with Crippen LogP contribution < -0.4 is 10.6 Å². The summed E-state index contributed by atoms with van der Waals surface area (Å²) in [6.07, 6.45) is 1.24. The Kier molecular flexibility index (Phi) is 11.0. The molecule has 230 valence electrons. The van der Waals surface area contributed by atoms with Crippen molar-refractivity contribution in [2.75, 3.05) is 18.9 Å². The van der Waals surface area contributed by atoms with Crippen molar-refractivity contribution in [1.82, 2.24) is 25.8 Å². The maximum absolute atomic E-state index is 12.1. The highest BCUT2D eigenvalue weighted by Crippen LogP contribution is 2.40. The fraction of sp³-hybridized carbons (Fsp3) is 0.312. The van der Waals surface area contributed by atoms with Crippen LogP contribution in [-0.2, 0) is 32.2 Å². The first kappa shape index (κ1) is 31.2. The van der Waals surface area contributed by atoms with E-state index in [1.165, 1.54) is 6.33 Å². The van der Waals surface area contributed by atoms with Gasteiger partial charge in [0.05, 0.1) is 25.4 Å². The standard InChI is InChI=1S/C32H35N5O6S/c1-2-41-29(39)17-34-31(40)33-16-22-5-3-6-24(13-22)25-7-4-8-26(14-25)30-42-27(19-44-32-35-20-36-37-32)15-28(43-30)23-11-9-21(18-38)10-12-23/h3-14,20,27-28,30,38H,2,15-19H2,1H3,(H2,33,34,40)(H,35,36,37). The van der Waals surface area contributed by atoms with E-state index < -0.39 is 18.3 Å². The summed E-state index contributed by atoms with van der Waals surface area (Å²) in [6, 6.07) is 23.3. The average molecular weight is 618 g/mol. The number of carbonyl (C=O) groups is 2. The highest BCUT2D eigenvalue weighted by Gasteiger charge is 2.32. The summed E-state index contributed by atoms with van der Waals surface area (Å²) in [5, 5.41) is 22.3. The van der Waals surface area contributed by atoms with E-state index in [2.05, 4.69) is 31.9 Å². The van der Waals surface area contributed by atoms with Gasteiger partial charge in [0.25, 0.3) is 0 Å². The molecule has 0 radical (unpaired) electrons. The maximum atomic E-state index is 12.1. The zero-order valence-electron chi connectivity index (χ0n) is 24.3. The summed E-state index contributed by atoms with van der Waals surface area (Å²) in [5.41, 5.74) is 5.61. The van der Waals surface area contributed by atoms with Crippen molar-refractivity contribution in [1.29, 1.82) is 0 Å². The van der Waals surface area contributed by atoms with Gasteiger partial charge in [-0.05, 0) is 46.9 Å². The molecule has 11 nitrogen and oxygen atoms in total. The monoisotopic (exact) mass is 617 g/mol. The zero-order chi connectivity index (χ0) is 30.7. The number of carbonyl (C=O) groups excluding carboxylic acids is 2. The SMILES string of the molecule is CCOC(=O)CNC(=O)NCc1cccc(-c2cccc(C3OC(CSc4ncn[nH]4)CC(c4ccc(CO)cc4)O3)c2)c1. The van der Waals surface area contributed by atoms with Crippen LogP contribution in [0.4, 0.5) is 4.79 Å². The van der Waals surface area contributed by atoms with Crippen molar-refractivity contribution in [3.63, 3.8) is 0 Å². The smallest absolute Gasteiger partial charge is 0.325 e. The molecule has 1 aliphatic rings. The molecular weight excluding hydrogens is 582 g/mol. The van der Waals surface area contributed by atoms with Gasteiger partial charge in [0.2, 0.25) is 0 Å². The Bertz CT molecular complexity index is 1520. The van der Waals surface area contributed by atoms with Gasteiger partial charge in [-0.15, -0.1) is 0 Å². The second-order valence-corrected chi connectivity index (χ2v) is 11.1. The minimum Gasteiger partial charge on any atom is -0.465 e. The minimum absolute atomic E-state index is 0.0132. The van der Waals surface area contributed by atoms with Gasteiger partial charge in [-0.25, -0.2) is 9.78 Å². The number of aromatic nitrogens is 3. The summed E-state index contributed by atoms with van der Waals surface area (Å²) >= 11 is 1.55. The normalized spacial score (nSPS) is 18.0. The average Bonchev–Trinajstić information content (AvgIpc) is 3.60. The Morgan fingerprint density at radius 3 is 2.55 bits per heavy atom. The Morgan fingerprint density at radius 1 is 1.00 bits per heavy atom. The van der Waals surface area contributed by atoms with Gasteiger partial charge >= 0.3 is 12.0 Å². The number of nitrogens with one attached hydrogen (secondary N) is 3. The van der Waals surface area contributed by atoms with Crippen LogP contribution in [0.15, 0.2) is 84.3 Å². The van der Waals surface area contributed by atoms with Crippen LogP contribution in [0.5, 0.6) is 0 Å². The molecule has 3 aromatic carbocycles. The number of urea groups is 1. The predicted molar refractivity (Wildman–Crippen MR) is 164 cm³/mol. The largest absolute Gasteiger partial charge is 0.465 e. The molecule has 4 N–H and O–H groups in total. The lowest BCUT2D eigenvalue weighted by Gasteiger charge is -2.36. The second kappa shape index (κ2) is 15.5. The molecule has 12 heteroatoms. The first-order chi connectivity index (χ1) is 21.5. The Hall–Kier alpha value is -4.23. The molecule has 0 aliphatic carbocycles. The molecule has 1 aliphatic heterocycles. The number of H-pyrrole nitrogens is 1. The van der Waals surface area contributed by atoms with E-state index in [1.54, 1.807) is 18.7 Å². The zero-order valence-corrected chi connectivity index (χ0v) is 25.1. The number of nitrogens with zero attached hydrogens (tertiary/aromatic N) is 2. The molecule has 0 bridgehead atoms. The molecule has 44 heavy (non-hydrogen) atoms. The van der Waals surface area contributed by atoms with Crippen molar-refractivity contribution >= 4 is 23.8 Å². The van der Waals surface area contributed by atoms with Crippen molar-refractivity contribution in [3.05, 3.63) is 101 Å². The second-order valence-electron chi connectivity index (χ2n) is 10.1. The number of esters is 1. The number of aromatic amines is 1. The Morgan fingerprint density at radius 2 is 1.80 bits per heavy atom. The lowest BCUT2D eigenvalue weighted by atomic mass is 9.99. The predicted octanol–water partition coefficient (Wildman–Crippen LogP) is 4.66. The van der Waals surface area contributed by atoms with Crippen molar-refractivity contribution in [2.24, 2.45) is 0 Å². The molecule has 3 atom stereocenters. The number of rotatable bonds is 12. The van der Waals surface area contributed by atoms with Crippen LogP contribution in [0.3, 0.4) is 0 Å². The van der Waals surface area contributed by atoms with Crippen LogP contribution in [-0.4, -0.2) is 57.3 Å². The van der Waals surface area contributed by atoms with E-state index in [0.29, 0.717) is 18.7 Å². The van der Waals surface area contributed by atoms with Gasteiger partial charge in [0, 0.05) is 24.3 Å². The first-order valence-electron chi connectivity index (χ1n) is 14.4. The van der Waals surface area contributed by atoms with Gasteiger partial charge in [-0.3, -0.25) is 9.89 Å². The summed E-state index contributed by atoms with van der Waals surface area (Å²) in [4.78, 5) is 27.8. The van der Waals surface area contributed by atoms with Crippen LogP contribution in [0.25, 0.3) is 11.1 Å². The number of amides is 2. The number of thioether (sulfide) groups is 1. The first-order valence-corrected chi connectivity index (χ1v) is 15.3. The fourth-order valence-electron chi connectivity index (χ4n) is 4.79. The molecule has 5 rings (SSSR count). The fourth-order valence-corrected chi connectivity index (χ4v) is 5.59. The molecule has 1 saturated heterocycles. The molecular formula is C32H35N5O6S. The van der Waals surface area contributed by atoms with E-state index in [1.807, 2.05) is 66.7 Å². The third-order valence-electron chi connectivity index (χ3n) is 6.98. The lowest BCUT2D eigenvalue weighted by Crippen LogP contribution is -2.38. The molecule has 2 amide bonds. The van der Waals surface area contributed by atoms with Gasteiger partial charge in [0.15, 0.2) is 11.4 Å². The topological polar surface area (TPSA) is 148 Å². The molecule has 0 spiro atoms. The third kappa shape index (κ3) is 8.66. The summed E-state index contributed by atoms with van der Waals surface area (Å²) < 4.78 is 17.8. The van der Waals surface area contributed by atoms with Crippen LogP contribution in [0.1, 0.15) is 48.0 Å². The van der Waals surface area contributed by atoms with Crippen molar-refractivity contribution < 1.29 is 28.9 Å². The summed E-state index contributed by atoms with van der Waals surface area (Å²) in [5.74, 6) is 0.184. The third-order valence-corrected chi connectivity index (χ3v) is 7.99. The number of hydrogen-bond acceptors (Lipinski definition) is 9. The van der Waals surface area contributed by atoms with E-state index >= 15 is 0 Å². The Balaban J connectivity index is 1.28. The van der Waals surface area contributed by atoms with Crippen LogP contribution in [0.2, 0.25) is 0 Å². The van der Waals surface area contributed by atoms with E-state index in [9.17, 15) is 14.7 Å². The number of ether oxygens (including phenoxy) is 3. The van der Waals surface area contributed by atoms with Crippen molar-refractivity contribution in [3.8, 4) is 11.1 Å². The number of benzene rings is 3. The van der Waals surface area contributed by atoms with Crippen molar-refractivity contribution in [2.45, 2.75) is 50.2 Å². The maximum Gasteiger partial charge on any atom is 0.325 e. The summed E-state index contributed by atoms with van der Waals surface area (Å²) in [6.45, 7) is 2.06. The van der Waals surface area contributed by atoms with Gasteiger partial charge < -0.3 is 30.0 Å². The molecule has 1 fully saturated rings.